The molecule has 2 aliphatic rings. The Kier molecular flexibility index (Phi) is 9.77. The first kappa shape index (κ1) is 35.0. The van der Waals surface area contributed by atoms with Crippen molar-refractivity contribution < 1.29 is 27.1 Å². The van der Waals surface area contributed by atoms with Gasteiger partial charge in [0.15, 0.2) is 0 Å². The summed E-state index contributed by atoms with van der Waals surface area (Å²) in [7, 11) is -3.72. The van der Waals surface area contributed by atoms with Gasteiger partial charge in [-0.3, -0.25) is 0 Å². The Hall–Kier alpha value is -5.02. The molecular weight excluding hydrogens is 698 g/mol. The molecule has 0 saturated heterocycles. The van der Waals surface area contributed by atoms with Crippen molar-refractivity contribution in [1.82, 2.24) is 0 Å². The minimum atomic E-state index is -1.86. The minimum Gasteiger partial charge on any atom is -0.408 e. The number of benzene rings is 6. The molecule has 6 aromatic rings. The van der Waals surface area contributed by atoms with E-state index in [4.69, 9.17) is 27.1 Å². The highest BCUT2D eigenvalue weighted by atomic mass is 31.2. The molecule has 0 spiro atoms. The van der Waals surface area contributed by atoms with Crippen LogP contribution in [-0.4, -0.2) is 0 Å². The summed E-state index contributed by atoms with van der Waals surface area (Å²) in [6.45, 7) is 12.4. The fourth-order valence-corrected chi connectivity index (χ4v) is 9.76. The van der Waals surface area contributed by atoms with E-state index in [9.17, 15) is 0 Å². The average molecular weight is 741 g/mol. The molecule has 0 unspecified atom stereocenters. The van der Waals surface area contributed by atoms with E-state index in [1.165, 1.54) is 0 Å². The van der Waals surface area contributed by atoms with Crippen LogP contribution in [0.25, 0.3) is 0 Å². The molecule has 8 rings (SSSR count). The number of para-hydroxylation sites is 6. The van der Waals surface area contributed by atoms with Crippen molar-refractivity contribution in [2.45, 2.75) is 60.8 Å². The van der Waals surface area contributed by atoms with Crippen LogP contribution in [0.2, 0.25) is 0 Å². The number of rotatable bonds is 6. The van der Waals surface area contributed by atoms with Gasteiger partial charge in [0.05, 0.1) is 0 Å². The topological polar surface area (TPSA) is 55.4 Å². The van der Waals surface area contributed by atoms with Crippen molar-refractivity contribution in [2.75, 3.05) is 0 Å². The van der Waals surface area contributed by atoms with Gasteiger partial charge in [0.1, 0.15) is 34.5 Å². The van der Waals surface area contributed by atoms with Gasteiger partial charge in [0.2, 0.25) is 0 Å². The second kappa shape index (κ2) is 14.8. The molecule has 0 amide bonds. The van der Waals surface area contributed by atoms with E-state index >= 15 is 0 Å². The lowest BCUT2D eigenvalue weighted by Crippen LogP contribution is -2.12. The number of hydrogen-bond donors (Lipinski definition) is 0. The van der Waals surface area contributed by atoms with Gasteiger partial charge in [-0.25, -0.2) is 0 Å². The molecule has 0 fully saturated rings. The molecule has 0 saturated carbocycles. The summed E-state index contributed by atoms with van der Waals surface area (Å²) in [4.78, 5) is 0. The first-order valence-corrected chi connectivity index (χ1v) is 20.1. The van der Waals surface area contributed by atoms with Gasteiger partial charge in [0.25, 0.3) is 0 Å². The normalized spacial score (nSPS) is 13.8. The first-order valence-electron chi connectivity index (χ1n) is 17.9. The van der Waals surface area contributed by atoms with E-state index in [0.29, 0.717) is 6.42 Å². The molecule has 0 radical (unpaired) electrons. The molecule has 0 aromatic heterocycles. The molecular formula is C45H42O6P2. The van der Waals surface area contributed by atoms with Crippen LogP contribution in [0.1, 0.15) is 66.8 Å². The molecule has 53 heavy (non-hydrogen) atoms. The van der Waals surface area contributed by atoms with Crippen LogP contribution in [0, 0.1) is 41.5 Å². The second-order valence-corrected chi connectivity index (χ2v) is 15.9. The van der Waals surface area contributed by atoms with Crippen molar-refractivity contribution in [3.8, 4) is 34.5 Å². The summed E-state index contributed by atoms with van der Waals surface area (Å²) in [6, 6.07) is 37.5. The Labute approximate surface area is 314 Å². The quantitative estimate of drug-likeness (QED) is 0.159. The second-order valence-electron chi connectivity index (χ2n) is 13.9. The van der Waals surface area contributed by atoms with Crippen molar-refractivity contribution in [3.63, 3.8) is 0 Å². The zero-order valence-electron chi connectivity index (χ0n) is 30.9. The van der Waals surface area contributed by atoms with E-state index in [1.54, 1.807) is 0 Å². The van der Waals surface area contributed by atoms with Gasteiger partial charge in [-0.1, -0.05) is 109 Å². The molecule has 268 valence electrons. The molecule has 0 aliphatic carbocycles. The monoisotopic (exact) mass is 740 g/mol. The van der Waals surface area contributed by atoms with Crippen molar-refractivity contribution in [3.05, 3.63) is 176 Å². The molecule has 6 aromatic carbocycles. The summed E-state index contributed by atoms with van der Waals surface area (Å²) in [6.07, 6.45) is 1.97. The summed E-state index contributed by atoms with van der Waals surface area (Å²) < 4.78 is 40.3. The highest BCUT2D eigenvalue weighted by Crippen LogP contribution is 2.52. The molecule has 0 N–H and O–H groups in total. The van der Waals surface area contributed by atoms with Crippen molar-refractivity contribution in [1.29, 1.82) is 0 Å². The molecule has 0 bridgehead atoms. The number of hydrogen-bond acceptors (Lipinski definition) is 6. The highest BCUT2D eigenvalue weighted by molar-refractivity contribution is 7.43. The van der Waals surface area contributed by atoms with Crippen molar-refractivity contribution in [2.24, 2.45) is 0 Å². The van der Waals surface area contributed by atoms with Gasteiger partial charge in [-0.15, -0.1) is 0 Å². The lowest BCUT2D eigenvalue weighted by molar-refractivity contribution is 0.376. The van der Waals surface area contributed by atoms with E-state index < -0.39 is 17.2 Å². The molecule has 2 heterocycles. The largest absolute Gasteiger partial charge is 0.530 e. The van der Waals surface area contributed by atoms with Crippen LogP contribution >= 0.6 is 17.2 Å². The lowest BCUT2D eigenvalue weighted by atomic mass is 9.99. The van der Waals surface area contributed by atoms with Gasteiger partial charge < -0.3 is 27.1 Å². The molecule has 6 nitrogen and oxygen atoms in total. The zero-order chi connectivity index (χ0) is 36.6. The third kappa shape index (κ3) is 7.19. The standard InChI is InChI=1S/C45H42O6P2/c1-28-13-7-19-34-25-35-20-8-14-29(2)41(35)47-52(46-40(28)34)50-44-32(5)17-11-23-38(44)27-39-24-12-18-33(6)45(39)51-53-48-42-30(3)15-9-21-36(42)26-37-22-10-16-31(4)43(37)49-53/h7-24H,25-27H2,1-6H3. The fraction of sp³-hybridized carbons (Fsp3) is 0.200. The lowest BCUT2D eigenvalue weighted by Gasteiger charge is -2.27. The van der Waals surface area contributed by atoms with Crippen LogP contribution in [-0.2, 0) is 19.3 Å². The highest BCUT2D eigenvalue weighted by Gasteiger charge is 2.31. The average Bonchev–Trinajstić information content (AvgIpc) is 3.11. The third-order valence-corrected chi connectivity index (χ3v) is 11.9. The Balaban J connectivity index is 1.13. The van der Waals surface area contributed by atoms with Gasteiger partial charge >= 0.3 is 17.2 Å². The van der Waals surface area contributed by atoms with Crippen LogP contribution in [0.4, 0.5) is 0 Å². The van der Waals surface area contributed by atoms with Crippen molar-refractivity contribution >= 4 is 17.2 Å². The fourth-order valence-electron chi connectivity index (χ4n) is 7.07. The Bertz CT molecular complexity index is 2070. The first-order chi connectivity index (χ1) is 25.7. The third-order valence-electron chi connectivity index (χ3n) is 9.90. The van der Waals surface area contributed by atoms with E-state index in [-0.39, 0.29) is 0 Å². The van der Waals surface area contributed by atoms with Gasteiger partial charge in [0, 0.05) is 19.3 Å². The smallest absolute Gasteiger partial charge is 0.408 e. The molecule has 2 aliphatic heterocycles. The summed E-state index contributed by atoms with van der Waals surface area (Å²) in [5.41, 5.74) is 12.6. The predicted octanol–water partition coefficient (Wildman–Crippen LogP) is 12.5. The van der Waals surface area contributed by atoms with E-state index in [2.05, 4.69) is 151 Å². The maximum Gasteiger partial charge on any atom is 0.530 e. The van der Waals surface area contributed by atoms with E-state index in [0.717, 1.165) is 114 Å². The number of aryl methyl sites for hydroxylation is 6. The summed E-state index contributed by atoms with van der Waals surface area (Å²) in [5.74, 6) is 4.71. The Morgan fingerprint density at radius 1 is 0.396 bits per heavy atom. The van der Waals surface area contributed by atoms with Gasteiger partial charge in [-0.2, -0.15) is 0 Å². The Morgan fingerprint density at radius 3 is 1.00 bits per heavy atom. The number of fused-ring (bicyclic) bond motifs is 4. The van der Waals surface area contributed by atoms with Crippen LogP contribution in [0.15, 0.2) is 109 Å². The zero-order valence-corrected chi connectivity index (χ0v) is 32.6. The van der Waals surface area contributed by atoms with Crippen LogP contribution in [0.3, 0.4) is 0 Å². The minimum absolute atomic E-state index is 0.539. The Morgan fingerprint density at radius 2 is 0.679 bits per heavy atom. The summed E-state index contributed by atoms with van der Waals surface area (Å²) >= 11 is 0. The SMILES string of the molecule is Cc1cccc(Cc2cccc(C)c2OP2Oc3c(C)cccc3Cc3cccc(C)c3O2)c1OP1Oc2c(C)cccc2Cc2cccc(C)c2O1. The van der Waals surface area contributed by atoms with Crippen LogP contribution in [0.5, 0.6) is 34.5 Å². The molecule has 8 heteroatoms. The maximum atomic E-state index is 6.84. The summed E-state index contributed by atoms with van der Waals surface area (Å²) in [5, 5.41) is 0. The maximum absolute atomic E-state index is 6.84. The van der Waals surface area contributed by atoms with Crippen LogP contribution < -0.4 is 27.1 Å². The van der Waals surface area contributed by atoms with Gasteiger partial charge in [-0.05, 0) is 108 Å². The molecule has 0 atom stereocenters. The van der Waals surface area contributed by atoms with E-state index in [1.807, 2.05) is 0 Å². The predicted molar refractivity (Wildman–Crippen MR) is 213 cm³/mol.